The van der Waals surface area contributed by atoms with Crippen LogP contribution in [-0.2, 0) is 11.2 Å². The highest BCUT2D eigenvalue weighted by atomic mass is 35.5. The van der Waals surface area contributed by atoms with Crippen LogP contribution in [-0.4, -0.2) is 33.4 Å². The monoisotopic (exact) mass is 271 g/mol. The molecule has 0 aliphatic heterocycles. The maximum Gasteiger partial charge on any atom is 0.122 e. The van der Waals surface area contributed by atoms with Gasteiger partial charge in [0.05, 0.1) is 7.11 Å². The molecule has 1 rings (SSSR count). The SMILES string of the molecule is CCNC(CCOC)Cc1cc(Cl)ccc1OC. The normalized spacial score (nSPS) is 12.4. The number of halogens is 1. The van der Waals surface area contributed by atoms with Crippen LogP contribution in [0.25, 0.3) is 0 Å². The van der Waals surface area contributed by atoms with Gasteiger partial charge in [-0.15, -0.1) is 0 Å². The molecular weight excluding hydrogens is 250 g/mol. The number of benzene rings is 1. The van der Waals surface area contributed by atoms with Gasteiger partial charge in [-0.1, -0.05) is 18.5 Å². The van der Waals surface area contributed by atoms with Crippen molar-refractivity contribution in [3.63, 3.8) is 0 Å². The van der Waals surface area contributed by atoms with E-state index in [1.807, 2.05) is 18.2 Å². The van der Waals surface area contributed by atoms with Crippen molar-refractivity contribution in [1.29, 1.82) is 0 Å². The lowest BCUT2D eigenvalue weighted by atomic mass is 10.0. The fraction of sp³-hybridized carbons (Fsp3) is 0.571. The van der Waals surface area contributed by atoms with Crippen molar-refractivity contribution in [2.45, 2.75) is 25.8 Å². The molecule has 1 atom stereocenters. The van der Waals surface area contributed by atoms with Gasteiger partial charge in [0.2, 0.25) is 0 Å². The van der Waals surface area contributed by atoms with Gasteiger partial charge < -0.3 is 14.8 Å². The Morgan fingerprint density at radius 3 is 2.72 bits per heavy atom. The zero-order valence-electron chi connectivity index (χ0n) is 11.3. The lowest BCUT2D eigenvalue weighted by Crippen LogP contribution is -2.32. The lowest BCUT2D eigenvalue weighted by Gasteiger charge is -2.19. The Balaban J connectivity index is 2.74. The van der Waals surface area contributed by atoms with Crippen molar-refractivity contribution >= 4 is 11.6 Å². The molecule has 102 valence electrons. The lowest BCUT2D eigenvalue weighted by molar-refractivity contribution is 0.182. The van der Waals surface area contributed by atoms with E-state index in [1.165, 1.54) is 0 Å². The van der Waals surface area contributed by atoms with Crippen molar-refractivity contribution in [1.82, 2.24) is 5.32 Å². The van der Waals surface area contributed by atoms with Crippen LogP contribution in [0.3, 0.4) is 0 Å². The molecule has 1 unspecified atom stereocenters. The molecule has 18 heavy (non-hydrogen) atoms. The Labute approximate surface area is 114 Å². The number of hydrogen-bond acceptors (Lipinski definition) is 3. The summed E-state index contributed by atoms with van der Waals surface area (Å²) in [5, 5.41) is 4.20. The summed E-state index contributed by atoms with van der Waals surface area (Å²) in [5.41, 5.74) is 1.13. The molecule has 0 bridgehead atoms. The zero-order valence-corrected chi connectivity index (χ0v) is 12.1. The molecular formula is C14H22ClNO2. The highest BCUT2D eigenvalue weighted by Gasteiger charge is 2.12. The van der Waals surface area contributed by atoms with Gasteiger partial charge in [0.15, 0.2) is 0 Å². The van der Waals surface area contributed by atoms with Crippen LogP contribution in [0.2, 0.25) is 5.02 Å². The fourth-order valence-corrected chi connectivity index (χ4v) is 2.19. The molecule has 0 saturated carbocycles. The molecule has 1 N–H and O–H groups in total. The van der Waals surface area contributed by atoms with Gasteiger partial charge in [-0.3, -0.25) is 0 Å². The predicted octanol–water partition coefficient (Wildman–Crippen LogP) is 2.91. The van der Waals surface area contributed by atoms with Gasteiger partial charge in [-0.25, -0.2) is 0 Å². The molecule has 1 aromatic carbocycles. The second kappa shape index (κ2) is 8.35. The van der Waals surface area contributed by atoms with E-state index in [1.54, 1.807) is 14.2 Å². The standard InChI is InChI=1S/C14H22ClNO2/c1-4-16-13(7-8-17-2)10-11-9-12(15)5-6-14(11)18-3/h5-6,9,13,16H,4,7-8,10H2,1-3H3. The third kappa shape index (κ3) is 4.84. The van der Waals surface area contributed by atoms with E-state index in [0.29, 0.717) is 6.04 Å². The highest BCUT2D eigenvalue weighted by Crippen LogP contribution is 2.24. The number of nitrogens with one attached hydrogen (secondary N) is 1. The smallest absolute Gasteiger partial charge is 0.122 e. The molecule has 0 aromatic heterocycles. The Bertz CT molecular complexity index is 358. The van der Waals surface area contributed by atoms with E-state index in [-0.39, 0.29) is 0 Å². The summed E-state index contributed by atoms with van der Waals surface area (Å²) >= 11 is 6.04. The van der Waals surface area contributed by atoms with E-state index in [2.05, 4.69) is 12.2 Å². The topological polar surface area (TPSA) is 30.5 Å². The van der Waals surface area contributed by atoms with E-state index in [4.69, 9.17) is 21.1 Å². The summed E-state index contributed by atoms with van der Waals surface area (Å²) in [6, 6.07) is 6.11. The van der Waals surface area contributed by atoms with Gasteiger partial charge >= 0.3 is 0 Å². The average molecular weight is 272 g/mol. The fourth-order valence-electron chi connectivity index (χ4n) is 2.00. The highest BCUT2D eigenvalue weighted by molar-refractivity contribution is 6.30. The Hall–Kier alpha value is -0.770. The zero-order chi connectivity index (χ0) is 13.4. The van der Waals surface area contributed by atoms with E-state index < -0.39 is 0 Å². The minimum absolute atomic E-state index is 0.377. The molecule has 0 amide bonds. The first-order chi connectivity index (χ1) is 8.71. The summed E-state index contributed by atoms with van der Waals surface area (Å²) in [6.07, 6.45) is 1.86. The number of methoxy groups -OCH3 is 2. The van der Waals surface area contributed by atoms with Gasteiger partial charge in [0, 0.05) is 24.8 Å². The van der Waals surface area contributed by atoms with Gasteiger partial charge in [-0.2, -0.15) is 0 Å². The quantitative estimate of drug-likeness (QED) is 0.789. The molecule has 0 radical (unpaired) electrons. The molecule has 0 aliphatic rings. The third-order valence-electron chi connectivity index (χ3n) is 2.87. The minimum Gasteiger partial charge on any atom is -0.496 e. The number of ether oxygens (including phenoxy) is 2. The van der Waals surface area contributed by atoms with Crippen LogP contribution in [0, 0.1) is 0 Å². The second-order valence-electron chi connectivity index (χ2n) is 4.20. The molecule has 4 heteroatoms. The second-order valence-corrected chi connectivity index (χ2v) is 4.63. The van der Waals surface area contributed by atoms with Crippen LogP contribution in [0.4, 0.5) is 0 Å². The van der Waals surface area contributed by atoms with Crippen LogP contribution in [0.5, 0.6) is 5.75 Å². The first kappa shape index (κ1) is 15.3. The van der Waals surface area contributed by atoms with Crippen LogP contribution < -0.4 is 10.1 Å². The summed E-state index contributed by atoms with van der Waals surface area (Å²) in [5.74, 6) is 0.889. The first-order valence-corrected chi connectivity index (χ1v) is 6.63. The Morgan fingerprint density at radius 2 is 2.11 bits per heavy atom. The predicted molar refractivity (Wildman–Crippen MR) is 75.7 cm³/mol. The summed E-state index contributed by atoms with van der Waals surface area (Å²) < 4.78 is 10.5. The van der Waals surface area contributed by atoms with Crippen LogP contribution >= 0.6 is 11.6 Å². The number of rotatable bonds is 8. The molecule has 0 heterocycles. The maximum absolute atomic E-state index is 6.04. The van der Waals surface area contributed by atoms with Crippen molar-refractivity contribution in [2.24, 2.45) is 0 Å². The van der Waals surface area contributed by atoms with Crippen molar-refractivity contribution in [2.75, 3.05) is 27.4 Å². The third-order valence-corrected chi connectivity index (χ3v) is 3.11. The Morgan fingerprint density at radius 1 is 1.33 bits per heavy atom. The Kier molecular flexibility index (Phi) is 7.09. The first-order valence-electron chi connectivity index (χ1n) is 6.26. The van der Waals surface area contributed by atoms with Crippen molar-refractivity contribution in [3.05, 3.63) is 28.8 Å². The molecule has 0 spiro atoms. The number of likely N-dealkylation sites (N-methyl/N-ethyl adjacent to an activating group) is 1. The van der Waals surface area contributed by atoms with Gasteiger partial charge in [-0.05, 0) is 43.1 Å². The largest absolute Gasteiger partial charge is 0.496 e. The number of hydrogen-bond donors (Lipinski definition) is 1. The maximum atomic E-state index is 6.04. The minimum atomic E-state index is 0.377. The average Bonchev–Trinajstić information content (AvgIpc) is 2.36. The molecule has 0 fully saturated rings. The van der Waals surface area contributed by atoms with Crippen molar-refractivity contribution in [3.8, 4) is 5.75 Å². The molecule has 1 aromatic rings. The summed E-state index contributed by atoms with van der Waals surface area (Å²) in [6.45, 7) is 3.80. The van der Waals surface area contributed by atoms with Crippen molar-refractivity contribution < 1.29 is 9.47 Å². The molecule has 3 nitrogen and oxygen atoms in total. The van der Waals surface area contributed by atoms with Gasteiger partial charge in [0.25, 0.3) is 0 Å². The molecule has 0 saturated heterocycles. The van der Waals surface area contributed by atoms with E-state index >= 15 is 0 Å². The van der Waals surface area contributed by atoms with Gasteiger partial charge in [0.1, 0.15) is 5.75 Å². The summed E-state index contributed by atoms with van der Waals surface area (Å²) in [4.78, 5) is 0. The van der Waals surface area contributed by atoms with Crippen LogP contribution in [0.15, 0.2) is 18.2 Å². The van der Waals surface area contributed by atoms with E-state index in [0.717, 1.165) is 42.3 Å². The van der Waals surface area contributed by atoms with Crippen LogP contribution in [0.1, 0.15) is 18.9 Å². The molecule has 0 aliphatic carbocycles. The van der Waals surface area contributed by atoms with E-state index in [9.17, 15) is 0 Å². The summed E-state index contributed by atoms with van der Waals surface area (Å²) in [7, 11) is 3.41.